The monoisotopic (exact) mass is 382 g/mol. The third kappa shape index (κ3) is 4.66. The summed E-state index contributed by atoms with van der Waals surface area (Å²) in [7, 11) is -3.65. The molecule has 2 rings (SSSR count). The molecule has 0 atom stereocenters. The molecule has 0 aromatic heterocycles. The quantitative estimate of drug-likeness (QED) is 0.777. The van der Waals surface area contributed by atoms with E-state index in [4.69, 9.17) is 5.14 Å². The lowest BCUT2D eigenvalue weighted by atomic mass is 10.1. The zero-order chi connectivity index (χ0) is 16.2. The summed E-state index contributed by atoms with van der Waals surface area (Å²) in [6, 6.07) is 11.6. The van der Waals surface area contributed by atoms with Gasteiger partial charge in [0.2, 0.25) is 10.0 Å². The molecule has 0 aliphatic carbocycles. The molecule has 0 radical (unpaired) electrons. The number of nitrogens with zero attached hydrogens (tertiary/aromatic N) is 1. The van der Waals surface area contributed by atoms with Gasteiger partial charge in [-0.05, 0) is 42.3 Å². The zero-order valence-electron chi connectivity index (χ0n) is 11.6. The lowest BCUT2D eigenvalue weighted by molar-refractivity contribution is 0.474. The molecule has 0 saturated heterocycles. The van der Waals surface area contributed by atoms with Crippen molar-refractivity contribution in [3.05, 3.63) is 58.1 Å². The number of phenolic OH excluding ortho intramolecular Hbond substituents is 1. The minimum absolute atomic E-state index is 0.0968. The Labute approximate surface area is 137 Å². The van der Waals surface area contributed by atoms with E-state index in [-0.39, 0.29) is 10.6 Å². The van der Waals surface area contributed by atoms with E-state index in [9.17, 15) is 13.5 Å². The van der Waals surface area contributed by atoms with E-state index in [1.165, 1.54) is 12.1 Å². The number of nitrogens with two attached hydrogens (primary N) is 1. The maximum absolute atomic E-state index is 11.1. The van der Waals surface area contributed by atoms with E-state index in [1.807, 2.05) is 6.07 Å². The molecule has 0 spiro atoms. The van der Waals surface area contributed by atoms with Gasteiger partial charge in [-0.25, -0.2) is 13.6 Å². The van der Waals surface area contributed by atoms with Gasteiger partial charge in [-0.3, -0.25) is 4.99 Å². The Morgan fingerprint density at radius 1 is 1.18 bits per heavy atom. The summed E-state index contributed by atoms with van der Waals surface area (Å²) in [6.07, 6.45) is 2.28. The van der Waals surface area contributed by atoms with Crippen LogP contribution in [0, 0.1) is 0 Å². The van der Waals surface area contributed by atoms with E-state index >= 15 is 0 Å². The van der Waals surface area contributed by atoms with Crippen LogP contribution in [0.4, 0.5) is 0 Å². The Kier molecular flexibility index (Phi) is 5.33. The summed E-state index contributed by atoms with van der Waals surface area (Å²) in [4.78, 5) is 4.35. The van der Waals surface area contributed by atoms with Crippen LogP contribution in [0.25, 0.3) is 0 Å². The molecule has 0 aliphatic rings. The number of rotatable bonds is 5. The van der Waals surface area contributed by atoms with Crippen molar-refractivity contribution in [1.82, 2.24) is 0 Å². The Bertz CT molecular complexity index is 787. The molecule has 0 aliphatic heterocycles. The summed E-state index contributed by atoms with van der Waals surface area (Å²) < 4.78 is 23.1. The first-order chi connectivity index (χ1) is 10.4. The van der Waals surface area contributed by atoms with Gasteiger partial charge in [0.05, 0.1) is 4.90 Å². The first-order valence-corrected chi connectivity index (χ1v) is 8.80. The van der Waals surface area contributed by atoms with Crippen molar-refractivity contribution in [1.29, 1.82) is 0 Å². The number of sulfonamides is 1. The number of aliphatic imine (C=N–C) groups is 1. The number of primary sulfonamides is 1. The highest BCUT2D eigenvalue weighted by atomic mass is 79.9. The smallest absolute Gasteiger partial charge is 0.238 e. The second kappa shape index (κ2) is 7.04. The summed E-state index contributed by atoms with van der Waals surface area (Å²) in [5, 5.41) is 14.8. The molecular formula is C15H15BrN2O3S. The van der Waals surface area contributed by atoms with Gasteiger partial charge in [-0.15, -0.1) is 0 Å². The lowest BCUT2D eigenvalue weighted by Crippen LogP contribution is -2.11. The fourth-order valence-corrected chi connectivity index (χ4v) is 2.69. The molecule has 22 heavy (non-hydrogen) atoms. The van der Waals surface area contributed by atoms with Crippen LogP contribution in [0.3, 0.4) is 0 Å². The summed E-state index contributed by atoms with van der Waals surface area (Å²) in [5.41, 5.74) is 1.61. The zero-order valence-corrected chi connectivity index (χ0v) is 14.0. The number of halogens is 1. The van der Waals surface area contributed by atoms with Crippen molar-refractivity contribution >= 4 is 32.2 Å². The number of benzene rings is 2. The molecule has 0 unspecified atom stereocenters. The number of hydrogen-bond donors (Lipinski definition) is 2. The van der Waals surface area contributed by atoms with Crippen molar-refractivity contribution in [2.75, 3.05) is 6.54 Å². The van der Waals surface area contributed by atoms with Crippen molar-refractivity contribution in [2.24, 2.45) is 10.1 Å². The van der Waals surface area contributed by atoms with Crippen molar-refractivity contribution in [2.45, 2.75) is 11.3 Å². The minimum Gasteiger partial charge on any atom is -0.507 e. The first-order valence-electron chi connectivity index (χ1n) is 6.46. The summed E-state index contributed by atoms with van der Waals surface area (Å²) >= 11 is 3.27. The molecule has 3 N–H and O–H groups in total. The van der Waals surface area contributed by atoms with Crippen LogP contribution < -0.4 is 5.14 Å². The van der Waals surface area contributed by atoms with E-state index < -0.39 is 10.0 Å². The van der Waals surface area contributed by atoms with Gasteiger partial charge in [-0.1, -0.05) is 28.1 Å². The van der Waals surface area contributed by atoms with Crippen LogP contribution >= 0.6 is 15.9 Å². The second-order valence-corrected chi connectivity index (χ2v) is 7.15. The van der Waals surface area contributed by atoms with Gasteiger partial charge in [-0.2, -0.15) is 0 Å². The van der Waals surface area contributed by atoms with E-state index in [2.05, 4.69) is 20.9 Å². The van der Waals surface area contributed by atoms with Gasteiger partial charge in [0.1, 0.15) is 5.75 Å². The standard InChI is InChI=1S/C15H15BrN2O3S/c16-13-4-3-12(15(19)9-13)10-18-8-7-11-1-5-14(6-2-11)22(17,20)21/h1-6,9-10,19H,7-8H2,(H2,17,20,21). The van der Waals surface area contributed by atoms with Crippen LogP contribution in [0.5, 0.6) is 5.75 Å². The fourth-order valence-electron chi connectivity index (χ4n) is 1.83. The third-order valence-electron chi connectivity index (χ3n) is 3.00. The highest BCUT2D eigenvalue weighted by Gasteiger charge is 2.06. The van der Waals surface area contributed by atoms with Gasteiger partial charge in [0.15, 0.2) is 0 Å². The van der Waals surface area contributed by atoms with Gasteiger partial charge in [0, 0.05) is 22.8 Å². The first kappa shape index (κ1) is 16.7. The highest BCUT2D eigenvalue weighted by Crippen LogP contribution is 2.20. The largest absolute Gasteiger partial charge is 0.507 e. The molecule has 116 valence electrons. The Hall–Kier alpha value is -1.70. The predicted octanol–water partition coefficient (Wildman–Crippen LogP) is 2.46. The van der Waals surface area contributed by atoms with Gasteiger partial charge in [0.25, 0.3) is 0 Å². The predicted molar refractivity (Wildman–Crippen MR) is 89.8 cm³/mol. The van der Waals surface area contributed by atoms with Crippen LogP contribution in [0.15, 0.2) is 56.8 Å². The average molecular weight is 383 g/mol. The topological polar surface area (TPSA) is 92.8 Å². The van der Waals surface area contributed by atoms with Crippen LogP contribution in [0.2, 0.25) is 0 Å². The minimum atomic E-state index is -3.65. The van der Waals surface area contributed by atoms with Crippen molar-refractivity contribution in [3.63, 3.8) is 0 Å². The van der Waals surface area contributed by atoms with Crippen molar-refractivity contribution in [3.8, 4) is 5.75 Å². The molecule has 2 aromatic carbocycles. The van der Waals surface area contributed by atoms with Gasteiger partial charge >= 0.3 is 0 Å². The molecular weight excluding hydrogens is 368 g/mol. The molecule has 0 fully saturated rings. The SMILES string of the molecule is NS(=O)(=O)c1ccc(CCN=Cc2ccc(Br)cc2O)cc1. The summed E-state index contributed by atoms with van der Waals surface area (Å²) in [5.74, 6) is 0.163. The molecule has 0 bridgehead atoms. The third-order valence-corrected chi connectivity index (χ3v) is 4.43. The van der Waals surface area contributed by atoms with Crippen LogP contribution in [0.1, 0.15) is 11.1 Å². The summed E-state index contributed by atoms with van der Waals surface area (Å²) in [6.45, 7) is 0.532. The molecule has 5 nitrogen and oxygen atoms in total. The molecule has 0 heterocycles. The number of aromatic hydroxyl groups is 1. The van der Waals surface area contributed by atoms with Crippen molar-refractivity contribution < 1.29 is 13.5 Å². The molecule has 2 aromatic rings. The number of phenols is 1. The van der Waals surface area contributed by atoms with E-state index in [0.29, 0.717) is 18.5 Å². The second-order valence-electron chi connectivity index (χ2n) is 4.68. The Morgan fingerprint density at radius 2 is 1.86 bits per heavy atom. The van der Waals surface area contributed by atoms with E-state index in [0.717, 1.165) is 10.0 Å². The highest BCUT2D eigenvalue weighted by molar-refractivity contribution is 9.10. The normalized spacial score (nSPS) is 11.9. The lowest BCUT2D eigenvalue weighted by Gasteiger charge is -2.02. The average Bonchev–Trinajstić information content (AvgIpc) is 2.45. The van der Waals surface area contributed by atoms with E-state index in [1.54, 1.807) is 30.5 Å². The van der Waals surface area contributed by atoms with Crippen LogP contribution in [-0.4, -0.2) is 26.3 Å². The maximum atomic E-state index is 11.1. The maximum Gasteiger partial charge on any atom is 0.238 e. The van der Waals surface area contributed by atoms with Crippen LogP contribution in [-0.2, 0) is 16.4 Å². The Balaban J connectivity index is 1.95. The molecule has 0 amide bonds. The Morgan fingerprint density at radius 3 is 2.45 bits per heavy atom. The molecule has 7 heteroatoms. The number of hydrogen-bond acceptors (Lipinski definition) is 4. The molecule has 0 saturated carbocycles. The van der Waals surface area contributed by atoms with Gasteiger partial charge < -0.3 is 5.11 Å². The fraction of sp³-hybridized carbons (Fsp3) is 0.133.